The minimum Gasteiger partial charge on any atom is -0.450 e. The summed E-state index contributed by atoms with van der Waals surface area (Å²) in [6, 6.07) is 6.38. The maximum absolute atomic E-state index is 13.9. The van der Waals surface area contributed by atoms with Gasteiger partial charge in [-0.1, -0.05) is 32.7 Å². The van der Waals surface area contributed by atoms with Gasteiger partial charge < -0.3 is 15.7 Å². The molecule has 0 aliphatic heterocycles. The maximum atomic E-state index is 13.9. The van der Waals surface area contributed by atoms with E-state index >= 15 is 0 Å². The van der Waals surface area contributed by atoms with Crippen molar-refractivity contribution in [3.05, 3.63) is 57.0 Å². The minimum absolute atomic E-state index is 0.0919. The fourth-order valence-electron chi connectivity index (χ4n) is 1.53. The van der Waals surface area contributed by atoms with E-state index in [0.717, 1.165) is 12.1 Å². The summed E-state index contributed by atoms with van der Waals surface area (Å²) >= 11 is 9.12. The first-order valence-electron chi connectivity index (χ1n) is 5.52. The van der Waals surface area contributed by atoms with Crippen LogP contribution in [0.5, 0.6) is 11.5 Å². The quantitative estimate of drug-likeness (QED) is 0.363. The second kappa shape index (κ2) is 6.28. The number of ether oxygens (including phenoxy) is 1. The Hall–Kier alpha value is -1.86. The van der Waals surface area contributed by atoms with Gasteiger partial charge in [-0.3, -0.25) is 0 Å². The van der Waals surface area contributed by atoms with Gasteiger partial charge in [0.05, 0.1) is 5.02 Å². The third kappa shape index (κ3) is 3.43. The van der Waals surface area contributed by atoms with E-state index in [9.17, 15) is 8.78 Å². The van der Waals surface area contributed by atoms with Gasteiger partial charge in [0.2, 0.25) is 0 Å². The minimum atomic E-state index is -1.00. The molecular formula is C13H8BrClF2N2O2. The van der Waals surface area contributed by atoms with Gasteiger partial charge in [0.25, 0.3) is 0 Å². The zero-order valence-electron chi connectivity index (χ0n) is 10.3. The van der Waals surface area contributed by atoms with Crippen molar-refractivity contribution in [3.8, 4) is 11.5 Å². The van der Waals surface area contributed by atoms with Crippen molar-refractivity contribution in [1.82, 2.24) is 0 Å². The summed E-state index contributed by atoms with van der Waals surface area (Å²) in [5, 5.41) is 11.4. The molecule has 2 rings (SSSR count). The van der Waals surface area contributed by atoms with Crippen molar-refractivity contribution >= 4 is 33.4 Å². The highest BCUT2D eigenvalue weighted by molar-refractivity contribution is 9.10. The van der Waals surface area contributed by atoms with E-state index in [0.29, 0.717) is 4.47 Å². The number of nitrogens with two attached hydrogens (primary N) is 1. The van der Waals surface area contributed by atoms with E-state index in [1.807, 2.05) is 0 Å². The van der Waals surface area contributed by atoms with E-state index in [4.69, 9.17) is 27.3 Å². The van der Waals surface area contributed by atoms with E-state index in [1.165, 1.54) is 12.1 Å². The Bertz CT molecular complexity index is 702. The summed E-state index contributed by atoms with van der Waals surface area (Å²) in [5.74, 6) is -2.96. The highest BCUT2D eigenvalue weighted by Gasteiger charge is 2.16. The van der Waals surface area contributed by atoms with Crippen LogP contribution in [0.4, 0.5) is 8.78 Å². The molecule has 0 radical (unpaired) electrons. The molecule has 0 aromatic heterocycles. The summed E-state index contributed by atoms with van der Waals surface area (Å²) in [6.45, 7) is 0. The fourth-order valence-corrected chi connectivity index (χ4v) is 2.24. The van der Waals surface area contributed by atoms with Gasteiger partial charge in [-0.2, -0.15) is 0 Å². The van der Waals surface area contributed by atoms with E-state index in [-0.39, 0.29) is 16.3 Å². The van der Waals surface area contributed by atoms with Crippen LogP contribution in [0.15, 0.2) is 40.0 Å². The Balaban J connectivity index is 2.41. The first kappa shape index (κ1) is 15.5. The number of rotatable bonds is 3. The Morgan fingerprint density at radius 3 is 2.38 bits per heavy atom. The zero-order chi connectivity index (χ0) is 15.6. The van der Waals surface area contributed by atoms with Crippen LogP contribution >= 0.6 is 27.5 Å². The molecule has 4 nitrogen and oxygen atoms in total. The van der Waals surface area contributed by atoms with Crippen LogP contribution in [0, 0.1) is 11.6 Å². The molecule has 0 heterocycles. The molecular weight excluding hydrogens is 370 g/mol. The molecule has 0 atom stereocenters. The van der Waals surface area contributed by atoms with Crippen molar-refractivity contribution in [2.45, 2.75) is 0 Å². The average molecular weight is 378 g/mol. The Labute approximate surface area is 131 Å². The second-order valence-electron chi connectivity index (χ2n) is 3.93. The van der Waals surface area contributed by atoms with Gasteiger partial charge in [0.1, 0.15) is 5.75 Å². The highest BCUT2D eigenvalue weighted by Crippen LogP contribution is 2.34. The molecule has 8 heteroatoms. The standard InChI is InChI=1S/C13H8BrClF2N2O2/c14-7-1-2-11(8(15)5-7)21-12-9(16)3-6(4-10(12)17)13(18)19-20/h1-5,20H,(H2,18,19). The molecule has 0 spiro atoms. The number of hydrogen-bond donors (Lipinski definition) is 2. The molecule has 2 aromatic carbocycles. The molecule has 3 N–H and O–H groups in total. The summed E-state index contributed by atoms with van der Waals surface area (Å²) in [6.07, 6.45) is 0. The van der Waals surface area contributed by atoms with Crippen molar-refractivity contribution in [2.75, 3.05) is 0 Å². The molecule has 110 valence electrons. The number of halogens is 4. The lowest BCUT2D eigenvalue weighted by Crippen LogP contribution is -2.14. The smallest absolute Gasteiger partial charge is 0.198 e. The number of benzene rings is 2. The van der Waals surface area contributed by atoms with Crippen LogP contribution in [0.1, 0.15) is 5.56 Å². The van der Waals surface area contributed by atoms with Crippen LogP contribution in [0.2, 0.25) is 5.02 Å². The molecule has 0 saturated carbocycles. The predicted octanol–water partition coefficient (Wildman–Crippen LogP) is 4.27. The Morgan fingerprint density at radius 2 is 1.86 bits per heavy atom. The normalized spacial score (nSPS) is 11.5. The third-order valence-electron chi connectivity index (χ3n) is 2.51. The Kier molecular flexibility index (Phi) is 4.64. The lowest BCUT2D eigenvalue weighted by Gasteiger charge is -2.11. The zero-order valence-corrected chi connectivity index (χ0v) is 12.6. The lowest BCUT2D eigenvalue weighted by molar-refractivity contribution is 0.318. The summed E-state index contributed by atoms with van der Waals surface area (Å²) < 4.78 is 33.6. The molecule has 21 heavy (non-hydrogen) atoms. The van der Waals surface area contributed by atoms with Gasteiger partial charge in [0, 0.05) is 10.0 Å². The van der Waals surface area contributed by atoms with Crippen molar-refractivity contribution in [3.63, 3.8) is 0 Å². The second-order valence-corrected chi connectivity index (χ2v) is 5.25. The summed E-state index contributed by atoms with van der Waals surface area (Å²) in [7, 11) is 0. The van der Waals surface area contributed by atoms with Crippen LogP contribution in [0.25, 0.3) is 0 Å². The van der Waals surface area contributed by atoms with Crippen LogP contribution < -0.4 is 10.5 Å². The molecule has 0 aliphatic rings. The maximum Gasteiger partial charge on any atom is 0.198 e. The summed E-state index contributed by atoms with van der Waals surface area (Å²) in [4.78, 5) is 0. The third-order valence-corrected chi connectivity index (χ3v) is 3.30. The molecule has 0 fully saturated rings. The number of amidine groups is 1. The van der Waals surface area contributed by atoms with Gasteiger partial charge in [0.15, 0.2) is 23.2 Å². The van der Waals surface area contributed by atoms with Crippen LogP contribution in [-0.2, 0) is 0 Å². The average Bonchev–Trinajstić information content (AvgIpc) is 2.43. The van der Waals surface area contributed by atoms with Crippen LogP contribution in [0.3, 0.4) is 0 Å². The van der Waals surface area contributed by atoms with E-state index < -0.39 is 23.2 Å². The topological polar surface area (TPSA) is 67.8 Å². The Morgan fingerprint density at radius 1 is 1.24 bits per heavy atom. The van der Waals surface area contributed by atoms with Crippen molar-refractivity contribution < 1.29 is 18.7 Å². The number of hydrogen-bond acceptors (Lipinski definition) is 3. The fraction of sp³-hybridized carbons (Fsp3) is 0. The number of oxime groups is 1. The highest BCUT2D eigenvalue weighted by atomic mass is 79.9. The first-order chi connectivity index (χ1) is 9.92. The first-order valence-corrected chi connectivity index (χ1v) is 6.69. The van der Waals surface area contributed by atoms with E-state index in [2.05, 4.69) is 21.1 Å². The van der Waals surface area contributed by atoms with Gasteiger partial charge in [-0.05, 0) is 30.3 Å². The van der Waals surface area contributed by atoms with Gasteiger partial charge in [-0.15, -0.1) is 0 Å². The largest absolute Gasteiger partial charge is 0.450 e. The SMILES string of the molecule is N/C(=N/O)c1cc(F)c(Oc2ccc(Br)cc2Cl)c(F)c1. The van der Waals surface area contributed by atoms with Crippen molar-refractivity contribution in [1.29, 1.82) is 0 Å². The van der Waals surface area contributed by atoms with Gasteiger partial charge in [-0.25, -0.2) is 8.78 Å². The number of nitrogens with zero attached hydrogens (tertiary/aromatic N) is 1. The molecule has 0 bridgehead atoms. The predicted molar refractivity (Wildman–Crippen MR) is 78.1 cm³/mol. The monoisotopic (exact) mass is 376 g/mol. The van der Waals surface area contributed by atoms with E-state index in [1.54, 1.807) is 6.07 Å². The van der Waals surface area contributed by atoms with Crippen molar-refractivity contribution in [2.24, 2.45) is 10.9 Å². The molecule has 2 aromatic rings. The summed E-state index contributed by atoms with van der Waals surface area (Å²) in [5.41, 5.74) is 5.17. The molecule has 0 aliphatic carbocycles. The van der Waals surface area contributed by atoms with Crippen LogP contribution in [-0.4, -0.2) is 11.0 Å². The molecule has 0 amide bonds. The molecule has 0 unspecified atom stereocenters. The van der Waals surface area contributed by atoms with Gasteiger partial charge >= 0.3 is 0 Å². The molecule has 0 saturated heterocycles. The lowest BCUT2D eigenvalue weighted by atomic mass is 10.2.